The standard InChI is InChI=1S/C24H25N3.C9H8BNO2/c1-17-5-4-13-27(17)14-11-21-16-20-15-19(9-10-23(20)26-21)22-8-2-6-18-7-3-12-25-24(18)22;12-10(13)8-5-1-3-7-4-2-6-11-9(7)8/h2-3,6-10,12,15-17,26H,4-5,11,13-14H2,1H3;1-6,12-13H/t17-;/m1./s1. The van der Waals surface area contributed by atoms with E-state index in [0.29, 0.717) is 11.0 Å². The zero-order valence-electron chi connectivity index (χ0n) is 22.7. The smallest absolute Gasteiger partial charge is 0.423 e. The number of likely N-dealkylation sites (tertiary alicyclic amines) is 1. The molecule has 1 fully saturated rings. The molecule has 4 heterocycles. The first kappa shape index (κ1) is 26.2. The lowest BCUT2D eigenvalue weighted by atomic mass is 9.79. The molecule has 7 rings (SSSR count). The van der Waals surface area contributed by atoms with Crippen LogP contribution in [0.4, 0.5) is 0 Å². The third-order valence-corrected chi connectivity index (χ3v) is 7.92. The van der Waals surface area contributed by atoms with E-state index in [9.17, 15) is 0 Å². The summed E-state index contributed by atoms with van der Waals surface area (Å²) in [4.78, 5) is 14.9. The van der Waals surface area contributed by atoms with Gasteiger partial charge in [0.1, 0.15) is 0 Å². The van der Waals surface area contributed by atoms with E-state index in [2.05, 4.69) is 75.3 Å². The van der Waals surface area contributed by atoms with Crippen molar-refractivity contribution in [3.8, 4) is 11.1 Å². The molecule has 0 radical (unpaired) electrons. The Morgan fingerprint density at radius 3 is 2.33 bits per heavy atom. The molecular weight excluding hydrogens is 495 g/mol. The number of H-pyrrole nitrogens is 1. The summed E-state index contributed by atoms with van der Waals surface area (Å²) in [5.74, 6) is 0. The van der Waals surface area contributed by atoms with Crippen molar-refractivity contribution in [2.45, 2.75) is 32.2 Å². The van der Waals surface area contributed by atoms with Gasteiger partial charge in [-0.05, 0) is 67.6 Å². The molecule has 0 saturated carbocycles. The summed E-state index contributed by atoms with van der Waals surface area (Å²) in [5, 5.41) is 21.5. The first-order chi connectivity index (χ1) is 19.6. The van der Waals surface area contributed by atoms with Crippen LogP contribution in [0.3, 0.4) is 0 Å². The molecule has 0 spiro atoms. The molecule has 0 bridgehead atoms. The normalized spacial score (nSPS) is 15.4. The van der Waals surface area contributed by atoms with Crippen molar-refractivity contribution in [3.63, 3.8) is 0 Å². The van der Waals surface area contributed by atoms with Crippen LogP contribution in [0.15, 0.2) is 97.3 Å². The molecule has 1 saturated heterocycles. The molecular formula is C33H33BN4O2. The third-order valence-electron chi connectivity index (χ3n) is 7.92. The number of nitrogens with zero attached hydrogens (tertiary/aromatic N) is 3. The number of pyridine rings is 2. The maximum absolute atomic E-state index is 9.04. The molecule has 0 amide bonds. The van der Waals surface area contributed by atoms with Crippen molar-refractivity contribution in [3.05, 3.63) is 103 Å². The van der Waals surface area contributed by atoms with E-state index in [1.165, 1.54) is 52.5 Å². The van der Waals surface area contributed by atoms with Gasteiger partial charge >= 0.3 is 7.12 Å². The van der Waals surface area contributed by atoms with Gasteiger partial charge in [0.2, 0.25) is 0 Å². The molecule has 40 heavy (non-hydrogen) atoms. The maximum Gasteiger partial charge on any atom is 0.490 e. The van der Waals surface area contributed by atoms with Crippen LogP contribution in [-0.4, -0.2) is 56.1 Å². The van der Waals surface area contributed by atoms with Crippen LogP contribution in [0, 0.1) is 0 Å². The molecule has 1 aliphatic heterocycles. The first-order valence-electron chi connectivity index (χ1n) is 14.0. The third kappa shape index (κ3) is 5.49. The second-order valence-electron chi connectivity index (χ2n) is 10.6. The molecule has 6 aromatic rings. The Kier molecular flexibility index (Phi) is 7.60. The number of nitrogens with one attached hydrogen (secondary N) is 1. The van der Waals surface area contributed by atoms with Gasteiger partial charge in [-0.2, -0.15) is 0 Å². The second kappa shape index (κ2) is 11.6. The van der Waals surface area contributed by atoms with E-state index in [1.54, 1.807) is 18.3 Å². The highest BCUT2D eigenvalue weighted by Gasteiger charge is 2.19. The van der Waals surface area contributed by atoms with Gasteiger partial charge in [-0.15, -0.1) is 0 Å². The lowest BCUT2D eigenvalue weighted by Gasteiger charge is -2.20. The fraction of sp³-hybridized carbons (Fsp3) is 0.212. The van der Waals surface area contributed by atoms with E-state index >= 15 is 0 Å². The minimum atomic E-state index is -1.46. The van der Waals surface area contributed by atoms with Gasteiger partial charge in [-0.1, -0.05) is 54.6 Å². The number of benzene rings is 3. The summed E-state index contributed by atoms with van der Waals surface area (Å²) >= 11 is 0. The zero-order chi connectivity index (χ0) is 27.5. The molecule has 0 unspecified atom stereocenters. The molecule has 3 aromatic carbocycles. The molecule has 6 nitrogen and oxygen atoms in total. The molecule has 1 aliphatic rings. The number of fused-ring (bicyclic) bond motifs is 3. The summed E-state index contributed by atoms with van der Waals surface area (Å²) in [6, 6.07) is 29.3. The lowest BCUT2D eigenvalue weighted by Crippen LogP contribution is -2.30. The van der Waals surface area contributed by atoms with Gasteiger partial charge in [-0.25, -0.2) is 0 Å². The van der Waals surface area contributed by atoms with Crippen molar-refractivity contribution in [2.75, 3.05) is 13.1 Å². The summed E-state index contributed by atoms with van der Waals surface area (Å²) in [7, 11) is -1.46. The van der Waals surface area contributed by atoms with Crippen LogP contribution in [-0.2, 0) is 6.42 Å². The topological polar surface area (TPSA) is 85.3 Å². The average molecular weight is 528 g/mol. The predicted octanol–water partition coefficient (Wildman–Crippen LogP) is 5.32. The number of hydrogen-bond acceptors (Lipinski definition) is 5. The van der Waals surface area contributed by atoms with Gasteiger partial charge in [0, 0.05) is 64.4 Å². The Morgan fingerprint density at radius 1 is 0.850 bits per heavy atom. The largest absolute Gasteiger partial charge is 0.490 e. The van der Waals surface area contributed by atoms with Gasteiger partial charge in [0.05, 0.1) is 11.0 Å². The molecule has 3 N–H and O–H groups in total. The minimum absolute atomic E-state index is 0.443. The van der Waals surface area contributed by atoms with Gasteiger partial charge in [0.25, 0.3) is 0 Å². The Morgan fingerprint density at radius 2 is 1.57 bits per heavy atom. The Labute approximate surface area is 234 Å². The molecule has 1 atom stereocenters. The van der Waals surface area contributed by atoms with Crippen LogP contribution in [0.1, 0.15) is 25.5 Å². The van der Waals surface area contributed by atoms with Gasteiger partial charge < -0.3 is 19.9 Å². The van der Waals surface area contributed by atoms with Crippen molar-refractivity contribution in [2.24, 2.45) is 0 Å². The Bertz CT molecular complexity index is 1760. The maximum atomic E-state index is 9.04. The van der Waals surface area contributed by atoms with Crippen molar-refractivity contribution >= 4 is 45.3 Å². The van der Waals surface area contributed by atoms with Gasteiger partial charge in [-0.3, -0.25) is 9.97 Å². The molecule has 0 aliphatic carbocycles. The summed E-state index contributed by atoms with van der Waals surface area (Å²) in [6.07, 6.45) is 7.28. The summed E-state index contributed by atoms with van der Waals surface area (Å²) in [6.45, 7) is 4.75. The number of aromatic amines is 1. The van der Waals surface area contributed by atoms with E-state index in [-0.39, 0.29) is 0 Å². The number of hydrogen-bond donors (Lipinski definition) is 3. The quantitative estimate of drug-likeness (QED) is 0.264. The van der Waals surface area contributed by atoms with Crippen molar-refractivity contribution < 1.29 is 10.0 Å². The van der Waals surface area contributed by atoms with E-state index in [0.717, 1.165) is 29.9 Å². The number of aromatic nitrogens is 3. The first-order valence-corrected chi connectivity index (χ1v) is 14.0. The summed E-state index contributed by atoms with van der Waals surface area (Å²) in [5.41, 5.74) is 7.12. The van der Waals surface area contributed by atoms with Crippen LogP contribution in [0.2, 0.25) is 0 Å². The zero-order valence-corrected chi connectivity index (χ0v) is 22.7. The van der Waals surface area contributed by atoms with E-state index < -0.39 is 7.12 Å². The van der Waals surface area contributed by atoms with E-state index in [4.69, 9.17) is 10.0 Å². The van der Waals surface area contributed by atoms with Crippen LogP contribution in [0.25, 0.3) is 43.8 Å². The van der Waals surface area contributed by atoms with Crippen LogP contribution < -0.4 is 5.46 Å². The number of para-hydroxylation sites is 2. The monoisotopic (exact) mass is 528 g/mol. The summed E-state index contributed by atoms with van der Waals surface area (Å²) < 4.78 is 0. The van der Waals surface area contributed by atoms with Crippen molar-refractivity contribution in [1.82, 2.24) is 19.9 Å². The molecule has 7 heteroatoms. The van der Waals surface area contributed by atoms with E-state index in [1.807, 2.05) is 30.5 Å². The van der Waals surface area contributed by atoms with Crippen LogP contribution >= 0.6 is 0 Å². The lowest BCUT2D eigenvalue weighted by molar-refractivity contribution is 0.271. The highest BCUT2D eigenvalue weighted by Crippen LogP contribution is 2.30. The Balaban J connectivity index is 0.000000187. The van der Waals surface area contributed by atoms with Gasteiger partial charge in [0.15, 0.2) is 0 Å². The highest BCUT2D eigenvalue weighted by molar-refractivity contribution is 6.61. The second-order valence-corrected chi connectivity index (χ2v) is 10.6. The fourth-order valence-corrected chi connectivity index (χ4v) is 5.76. The van der Waals surface area contributed by atoms with Crippen molar-refractivity contribution in [1.29, 1.82) is 0 Å². The SMILES string of the molecule is C[C@@H]1CCCN1CCc1cc2cc(-c3cccc4cccnc34)ccc2[nH]1.OB(O)c1cccc2cccnc12. The fourth-order valence-electron chi connectivity index (χ4n) is 5.76. The highest BCUT2D eigenvalue weighted by atomic mass is 16.4. The van der Waals surface area contributed by atoms with Crippen LogP contribution in [0.5, 0.6) is 0 Å². The number of rotatable bonds is 5. The molecule has 3 aromatic heterocycles. The average Bonchev–Trinajstić information content (AvgIpc) is 3.60. The Hall–Kier alpha value is -4.04. The molecule has 200 valence electrons. The minimum Gasteiger partial charge on any atom is -0.423 e. The predicted molar refractivity (Wildman–Crippen MR) is 165 cm³/mol.